The maximum atomic E-state index is 12.0. The van der Waals surface area contributed by atoms with Gasteiger partial charge < -0.3 is 10.1 Å². The fourth-order valence-corrected chi connectivity index (χ4v) is 3.05. The Morgan fingerprint density at radius 1 is 1.08 bits per heavy atom. The highest BCUT2D eigenvalue weighted by molar-refractivity contribution is 7.89. The third-order valence-corrected chi connectivity index (χ3v) is 4.81. The Hall–Kier alpha value is -2.38. The zero-order valence-corrected chi connectivity index (χ0v) is 15.6. The molecule has 0 bridgehead atoms. The number of para-hydroxylation sites is 1. The molecule has 0 aliphatic carbocycles. The van der Waals surface area contributed by atoms with E-state index in [9.17, 15) is 13.2 Å². The summed E-state index contributed by atoms with van der Waals surface area (Å²) in [7, 11) is -3.68. The third-order valence-electron chi connectivity index (χ3n) is 3.88. The first-order valence-corrected chi connectivity index (χ1v) is 10.0. The summed E-state index contributed by atoms with van der Waals surface area (Å²) in [5.41, 5.74) is 1.95. The van der Waals surface area contributed by atoms with Crippen molar-refractivity contribution in [1.29, 1.82) is 0 Å². The molecule has 0 aliphatic heterocycles. The van der Waals surface area contributed by atoms with Gasteiger partial charge in [-0.25, -0.2) is 13.6 Å². The number of hydrogen-bond donors (Lipinski definition) is 2. The van der Waals surface area contributed by atoms with Crippen molar-refractivity contribution >= 4 is 15.9 Å². The van der Waals surface area contributed by atoms with Gasteiger partial charge in [-0.15, -0.1) is 0 Å². The highest BCUT2D eigenvalue weighted by Crippen LogP contribution is 2.19. The van der Waals surface area contributed by atoms with Gasteiger partial charge in [-0.2, -0.15) is 0 Å². The highest BCUT2D eigenvalue weighted by Gasteiger charge is 2.08. The van der Waals surface area contributed by atoms with Gasteiger partial charge in [-0.1, -0.05) is 30.3 Å². The standard InChI is InChI=1S/C19H24N2O4S/c1-2-25-18-6-4-3-5-16(18)9-12-19(22)21-14-13-15-7-10-17(11-8-15)26(20,23)24/h3-8,10-11H,2,9,12-14H2,1H3,(H,21,22)(H2,20,23,24). The second-order valence-electron chi connectivity index (χ2n) is 5.83. The molecule has 3 N–H and O–H groups in total. The SMILES string of the molecule is CCOc1ccccc1CCC(=O)NCCc1ccc(S(N)(=O)=O)cc1. The van der Waals surface area contributed by atoms with Crippen LogP contribution in [-0.2, 0) is 27.7 Å². The topological polar surface area (TPSA) is 98.5 Å². The summed E-state index contributed by atoms with van der Waals surface area (Å²) in [6.07, 6.45) is 1.62. The fraction of sp³-hybridized carbons (Fsp3) is 0.316. The molecule has 0 heterocycles. The van der Waals surface area contributed by atoms with Crippen molar-refractivity contribution in [3.63, 3.8) is 0 Å². The molecule has 0 spiro atoms. The van der Waals surface area contributed by atoms with E-state index in [0.29, 0.717) is 32.4 Å². The van der Waals surface area contributed by atoms with Crippen LogP contribution in [0.25, 0.3) is 0 Å². The van der Waals surface area contributed by atoms with Crippen molar-refractivity contribution in [2.24, 2.45) is 5.14 Å². The summed E-state index contributed by atoms with van der Waals surface area (Å²) < 4.78 is 28.0. The predicted molar refractivity (Wildman–Crippen MR) is 100 cm³/mol. The number of primary sulfonamides is 1. The average molecular weight is 376 g/mol. The number of benzene rings is 2. The van der Waals surface area contributed by atoms with Gasteiger partial charge in [-0.05, 0) is 49.1 Å². The third kappa shape index (κ3) is 6.16. The quantitative estimate of drug-likeness (QED) is 0.699. The number of sulfonamides is 1. The van der Waals surface area contributed by atoms with E-state index in [1.165, 1.54) is 12.1 Å². The Labute approximate surface area is 154 Å². The molecule has 0 aliphatic rings. The Morgan fingerprint density at radius 3 is 2.42 bits per heavy atom. The minimum absolute atomic E-state index is 0.0301. The van der Waals surface area contributed by atoms with Crippen LogP contribution in [0.3, 0.4) is 0 Å². The van der Waals surface area contributed by atoms with Crippen molar-refractivity contribution in [3.8, 4) is 5.75 Å². The lowest BCUT2D eigenvalue weighted by molar-refractivity contribution is -0.121. The van der Waals surface area contributed by atoms with Gasteiger partial charge in [0, 0.05) is 13.0 Å². The van der Waals surface area contributed by atoms with Crippen LogP contribution >= 0.6 is 0 Å². The highest BCUT2D eigenvalue weighted by atomic mass is 32.2. The van der Waals surface area contributed by atoms with Gasteiger partial charge in [0.15, 0.2) is 0 Å². The molecule has 140 valence electrons. The van der Waals surface area contributed by atoms with Gasteiger partial charge >= 0.3 is 0 Å². The summed E-state index contributed by atoms with van der Waals surface area (Å²) in [5, 5.41) is 7.94. The van der Waals surface area contributed by atoms with E-state index in [1.807, 2.05) is 31.2 Å². The Bertz CT molecular complexity index is 833. The van der Waals surface area contributed by atoms with E-state index in [2.05, 4.69) is 5.32 Å². The molecule has 1 amide bonds. The molecule has 0 radical (unpaired) electrons. The fourth-order valence-electron chi connectivity index (χ4n) is 2.54. The zero-order valence-electron chi connectivity index (χ0n) is 14.8. The van der Waals surface area contributed by atoms with E-state index in [-0.39, 0.29) is 10.8 Å². The van der Waals surface area contributed by atoms with Crippen LogP contribution in [0.4, 0.5) is 0 Å². The van der Waals surface area contributed by atoms with Crippen LogP contribution in [0.5, 0.6) is 5.75 Å². The number of aryl methyl sites for hydroxylation is 1. The van der Waals surface area contributed by atoms with Crippen molar-refractivity contribution in [2.75, 3.05) is 13.2 Å². The molecule has 26 heavy (non-hydrogen) atoms. The summed E-state index contributed by atoms with van der Waals surface area (Å²) in [5.74, 6) is 0.787. The summed E-state index contributed by atoms with van der Waals surface area (Å²) in [6.45, 7) is 3.01. The summed E-state index contributed by atoms with van der Waals surface area (Å²) in [4.78, 5) is 12.1. The van der Waals surface area contributed by atoms with Crippen LogP contribution in [0.15, 0.2) is 53.4 Å². The van der Waals surface area contributed by atoms with Crippen molar-refractivity contribution in [1.82, 2.24) is 5.32 Å². The minimum Gasteiger partial charge on any atom is -0.494 e. The molecular formula is C19H24N2O4S. The zero-order chi connectivity index (χ0) is 19.0. The molecule has 0 saturated carbocycles. The van der Waals surface area contributed by atoms with Gasteiger partial charge in [-0.3, -0.25) is 4.79 Å². The second-order valence-corrected chi connectivity index (χ2v) is 7.39. The van der Waals surface area contributed by atoms with E-state index in [0.717, 1.165) is 16.9 Å². The van der Waals surface area contributed by atoms with Crippen molar-refractivity contribution in [3.05, 3.63) is 59.7 Å². The lowest BCUT2D eigenvalue weighted by Gasteiger charge is -2.10. The van der Waals surface area contributed by atoms with E-state index < -0.39 is 10.0 Å². The smallest absolute Gasteiger partial charge is 0.238 e. The van der Waals surface area contributed by atoms with E-state index in [4.69, 9.17) is 9.88 Å². The van der Waals surface area contributed by atoms with E-state index >= 15 is 0 Å². The molecule has 0 unspecified atom stereocenters. The Kier molecular flexibility index (Phi) is 7.17. The number of amides is 1. The lowest BCUT2D eigenvalue weighted by atomic mass is 10.1. The predicted octanol–water partition coefficient (Wildman–Crippen LogP) is 2.02. The molecule has 2 rings (SSSR count). The van der Waals surface area contributed by atoms with Crippen molar-refractivity contribution < 1.29 is 17.9 Å². The summed E-state index contributed by atoms with van der Waals surface area (Å²) >= 11 is 0. The van der Waals surface area contributed by atoms with Gasteiger partial charge in [0.05, 0.1) is 11.5 Å². The number of rotatable bonds is 9. The normalized spacial score (nSPS) is 11.2. The number of nitrogens with two attached hydrogens (primary N) is 1. The molecule has 2 aromatic rings. The first-order chi connectivity index (χ1) is 12.4. The first-order valence-electron chi connectivity index (χ1n) is 8.49. The van der Waals surface area contributed by atoms with Crippen LogP contribution in [0.2, 0.25) is 0 Å². The van der Waals surface area contributed by atoms with Gasteiger partial charge in [0.1, 0.15) is 5.75 Å². The van der Waals surface area contributed by atoms with E-state index in [1.54, 1.807) is 12.1 Å². The molecule has 0 fully saturated rings. The minimum atomic E-state index is -3.68. The number of carbonyl (C=O) groups excluding carboxylic acids is 1. The molecule has 2 aromatic carbocycles. The molecule has 0 aromatic heterocycles. The molecular weight excluding hydrogens is 352 g/mol. The monoisotopic (exact) mass is 376 g/mol. The molecule has 7 heteroatoms. The average Bonchev–Trinajstić information content (AvgIpc) is 2.61. The number of ether oxygens (including phenoxy) is 1. The van der Waals surface area contributed by atoms with Crippen LogP contribution < -0.4 is 15.2 Å². The molecule has 0 atom stereocenters. The Morgan fingerprint density at radius 2 is 1.77 bits per heavy atom. The lowest BCUT2D eigenvalue weighted by Crippen LogP contribution is -2.26. The largest absolute Gasteiger partial charge is 0.494 e. The molecule has 6 nitrogen and oxygen atoms in total. The Balaban J connectivity index is 1.77. The molecule has 0 saturated heterocycles. The van der Waals surface area contributed by atoms with Gasteiger partial charge in [0.2, 0.25) is 15.9 Å². The van der Waals surface area contributed by atoms with Crippen LogP contribution in [0.1, 0.15) is 24.5 Å². The maximum absolute atomic E-state index is 12.0. The number of nitrogens with one attached hydrogen (secondary N) is 1. The first kappa shape index (κ1) is 19.9. The van der Waals surface area contributed by atoms with Crippen LogP contribution in [0, 0.1) is 0 Å². The number of hydrogen-bond acceptors (Lipinski definition) is 4. The number of carbonyl (C=O) groups is 1. The van der Waals surface area contributed by atoms with Crippen molar-refractivity contribution in [2.45, 2.75) is 31.1 Å². The van der Waals surface area contributed by atoms with Crippen LogP contribution in [-0.4, -0.2) is 27.5 Å². The maximum Gasteiger partial charge on any atom is 0.238 e. The summed E-state index contributed by atoms with van der Waals surface area (Å²) in [6, 6.07) is 14.0. The second kappa shape index (κ2) is 9.35. The van der Waals surface area contributed by atoms with Gasteiger partial charge in [0.25, 0.3) is 0 Å².